The molecule has 4 nitrogen and oxygen atoms in total. The lowest BCUT2D eigenvalue weighted by Crippen LogP contribution is -2.31. The molecule has 1 heterocycles. The molecular weight excluding hydrogens is 196 g/mol. The minimum absolute atomic E-state index is 0.150. The quantitative estimate of drug-likeness (QED) is 0.813. The number of carboxylic acids is 1. The monoisotopic (exact) mass is 205 g/mol. The molecule has 0 bridgehead atoms. The topological polar surface area (TPSA) is 63.3 Å². The number of aliphatic carboxylic acids is 1. The van der Waals surface area contributed by atoms with Crippen molar-refractivity contribution in [3.63, 3.8) is 0 Å². The van der Waals surface area contributed by atoms with Crippen molar-refractivity contribution in [2.75, 3.05) is 0 Å². The van der Waals surface area contributed by atoms with Crippen LogP contribution in [-0.2, 0) is 11.2 Å². The molecule has 0 fully saturated rings. The van der Waals surface area contributed by atoms with Crippen LogP contribution in [0.4, 0.5) is 8.78 Å². The Morgan fingerprint density at radius 3 is 2.50 bits per heavy atom. The summed E-state index contributed by atoms with van der Waals surface area (Å²) in [6, 6.07) is 0. The van der Waals surface area contributed by atoms with Gasteiger partial charge in [-0.15, -0.1) is 0 Å². The maximum Gasteiger partial charge on any atom is 0.374 e. The van der Waals surface area contributed by atoms with E-state index in [0.717, 1.165) is 0 Å². The Morgan fingerprint density at radius 2 is 2.14 bits per heavy atom. The lowest BCUT2D eigenvalue weighted by molar-refractivity contribution is -0.164. The van der Waals surface area contributed by atoms with Crippen LogP contribution in [0.3, 0.4) is 0 Å². The summed E-state index contributed by atoms with van der Waals surface area (Å²) in [4.78, 5) is 10.2. The van der Waals surface area contributed by atoms with E-state index in [9.17, 15) is 13.6 Å². The molecule has 0 saturated carbocycles. The summed E-state index contributed by atoms with van der Waals surface area (Å²) in [5, 5.41) is 11.7. The summed E-state index contributed by atoms with van der Waals surface area (Å²) in [6.07, 6.45) is -0.885. The SMILES string of the molecule is Cc1noc(C)c1CC(F)(F)C(=O)O. The molecule has 1 N–H and O–H groups in total. The van der Waals surface area contributed by atoms with E-state index in [4.69, 9.17) is 5.11 Å². The van der Waals surface area contributed by atoms with Crippen LogP contribution in [0.1, 0.15) is 17.0 Å². The minimum Gasteiger partial charge on any atom is -0.477 e. The van der Waals surface area contributed by atoms with Crippen LogP contribution in [-0.4, -0.2) is 22.2 Å². The molecule has 14 heavy (non-hydrogen) atoms. The molecule has 78 valence electrons. The second-order valence-corrected chi connectivity index (χ2v) is 2.99. The highest BCUT2D eigenvalue weighted by molar-refractivity contribution is 5.75. The number of rotatable bonds is 3. The summed E-state index contributed by atoms with van der Waals surface area (Å²) < 4.78 is 30.2. The number of alkyl halides is 2. The largest absolute Gasteiger partial charge is 0.477 e. The highest BCUT2D eigenvalue weighted by Crippen LogP contribution is 2.24. The second-order valence-electron chi connectivity index (χ2n) is 2.99. The van der Waals surface area contributed by atoms with Crippen molar-refractivity contribution in [1.29, 1.82) is 0 Å². The Kier molecular flexibility index (Phi) is 2.55. The third-order valence-electron chi connectivity index (χ3n) is 1.89. The van der Waals surface area contributed by atoms with E-state index in [0.29, 0.717) is 5.69 Å². The first-order chi connectivity index (χ1) is 6.34. The normalized spacial score (nSPS) is 11.7. The number of halogens is 2. The van der Waals surface area contributed by atoms with Gasteiger partial charge in [0.25, 0.3) is 0 Å². The first-order valence-corrected chi connectivity index (χ1v) is 3.87. The molecule has 0 aliphatic heterocycles. The molecule has 0 radical (unpaired) electrons. The van der Waals surface area contributed by atoms with Gasteiger partial charge in [0.1, 0.15) is 5.76 Å². The molecule has 0 amide bonds. The van der Waals surface area contributed by atoms with Crippen molar-refractivity contribution in [3.05, 3.63) is 17.0 Å². The molecule has 0 unspecified atom stereocenters. The van der Waals surface area contributed by atoms with E-state index < -0.39 is 18.3 Å². The molecule has 0 spiro atoms. The zero-order valence-electron chi connectivity index (χ0n) is 7.67. The molecule has 0 aliphatic rings. The first kappa shape index (κ1) is 10.6. The van der Waals surface area contributed by atoms with Gasteiger partial charge in [-0.1, -0.05) is 5.16 Å². The van der Waals surface area contributed by atoms with Crippen molar-refractivity contribution in [2.45, 2.75) is 26.2 Å². The second kappa shape index (κ2) is 3.36. The first-order valence-electron chi connectivity index (χ1n) is 3.87. The van der Waals surface area contributed by atoms with E-state index in [2.05, 4.69) is 9.68 Å². The van der Waals surface area contributed by atoms with Crippen LogP contribution in [0.2, 0.25) is 0 Å². The Hall–Kier alpha value is -1.46. The van der Waals surface area contributed by atoms with E-state index in [-0.39, 0.29) is 11.3 Å². The molecule has 1 aromatic heterocycles. The summed E-state index contributed by atoms with van der Waals surface area (Å²) >= 11 is 0. The summed E-state index contributed by atoms with van der Waals surface area (Å²) in [6.45, 7) is 2.96. The third-order valence-corrected chi connectivity index (χ3v) is 1.89. The van der Waals surface area contributed by atoms with Gasteiger partial charge in [-0.2, -0.15) is 8.78 Å². The maximum absolute atomic E-state index is 12.8. The summed E-state index contributed by atoms with van der Waals surface area (Å²) in [5.74, 6) is -5.69. The van der Waals surface area contributed by atoms with Crippen molar-refractivity contribution in [2.24, 2.45) is 0 Å². The van der Waals surface area contributed by atoms with E-state index in [1.165, 1.54) is 13.8 Å². The number of carboxylic acid groups (broad SMARTS) is 1. The zero-order chi connectivity index (χ0) is 10.9. The number of hydrogen-bond donors (Lipinski definition) is 1. The molecule has 0 aliphatic carbocycles. The summed E-state index contributed by atoms with van der Waals surface area (Å²) in [7, 11) is 0. The predicted octanol–water partition coefficient (Wildman–Crippen LogP) is 1.55. The van der Waals surface area contributed by atoms with Crippen LogP contribution in [0.15, 0.2) is 4.52 Å². The molecular formula is C8H9F2NO3. The number of nitrogens with zero attached hydrogens (tertiary/aromatic N) is 1. The van der Waals surface area contributed by atoms with Gasteiger partial charge in [0.15, 0.2) is 0 Å². The highest BCUT2D eigenvalue weighted by Gasteiger charge is 2.40. The van der Waals surface area contributed by atoms with Gasteiger partial charge in [-0.25, -0.2) is 4.79 Å². The Morgan fingerprint density at radius 1 is 1.57 bits per heavy atom. The third kappa shape index (κ3) is 1.89. The lowest BCUT2D eigenvalue weighted by atomic mass is 10.1. The smallest absolute Gasteiger partial charge is 0.374 e. The Balaban J connectivity index is 2.94. The van der Waals surface area contributed by atoms with E-state index in [1.54, 1.807) is 0 Å². The van der Waals surface area contributed by atoms with Gasteiger partial charge in [-0.05, 0) is 13.8 Å². The predicted molar refractivity (Wildman–Crippen MR) is 42.3 cm³/mol. The van der Waals surface area contributed by atoms with Gasteiger partial charge in [0.05, 0.1) is 12.1 Å². The van der Waals surface area contributed by atoms with Gasteiger partial charge >= 0.3 is 11.9 Å². The van der Waals surface area contributed by atoms with Gasteiger partial charge < -0.3 is 9.63 Å². The van der Waals surface area contributed by atoms with Crippen LogP contribution < -0.4 is 0 Å². The van der Waals surface area contributed by atoms with Gasteiger partial charge in [0.2, 0.25) is 0 Å². The molecule has 1 rings (SSSR count). The van der Waals surface area contributed by atoms with Crippen molar-refractivity contribution < 1.29 is 23.2 Å². The summed E-state index contributed by atoms with van der Waals surface area (Å²) in [5.41, 5.74) is 0.445. The van der Waals surface area contributed by atoms with Crippen molar-refractivity contribution >= 4 is 5.97 Å². The molecule has 0 saturated heterocycles. The average molecular weight is 205 g/mol. The van der Waals surface area contributed by atoms with Crippen LogP contribution >= 0.6 is 0 Å². The van der Waals surface area contributed by atoms with Crippen LogP contribution in [0.25, 0.3) is 0 Å². The van der Waals surface area contributed by atoms with E-state index in [1.807, 2.05) is 0 Å². The highest BCUT2D eigenvalue weighted by atomic mass is 19.3. The number of hydrogen-bond acceptors (Lipinski definition) is 3. The van der Waals surface area contributed by atoms with Crippen molar-refractivity contribution in [3.8, 4) is 0 Å². The number of aromatic nitrogens is 1. The zero-order valence-corrected chi connectivity index (χ0v) is 7.67. The fourth-order valence-electron chi connectivity index (χ4n) is 1.05. The molecule has 0 aromatic carbocycles. The van der Waals surface area contributed by atoms with Crippen LogP contribution in [0.5, 0.6) is 0 Å². The Labute approximate surface area is 78.5 Å². The standard InChI is InChI=1S/C8H9F2NO3/c1-4-6(5(2)14-11-4)3-8(9,10)7(12)13/h3H2,1-2H3,(H,12,13). The minimum atomic E-state index is -3.78. The molecule has 1 aromatic rings. The van der Waals surface area contributed by atoms with Gasteiger partial charge in [0, 0.05) is 5.56 Å². The molecule has 6 heteroatoms. The number of carbonyl (C=O) groups is 1. The Bertz CT molecular complexity index is 340. The molecule has 0 atom stereocenters. The van der Waals surface area contributed by atoms with E-state index >= 15 is 0 Å². The van der Waals surface area contributed by atoms with Crippen molar-refractivity contribution in [1.82, 2.24) is 5.16 Å². The maximum atomic E-state index is 12.8. The fourth-order valence-corrected chi connectivity index (χ4v) is 1.05. The van der Waals surface area contributed by atoms with Gasteiger partial charge in [-0.3, -0.25) is 0 Å². The van der Waals surface area contributed by atoms with Crippen LogP contribution in [0, 0.1) is 13.8 Å². The lowest BCUT2D eigenvalue weighted by Gasteiger charge is -2.09. The number of aryl methyl sites for hydroxylation is 2. The average Bonchev–Trinajstić information content (AvgIpc) is 2.35. The fraction of sp³-hybridized carbons (Fsp3) is 0.500.